The fourth-order valence-corrected chi connectivity index (χ4v) is 3.22. The largest absolute Gasteiger partial charge is 0.378 e. The second-order valence-corrected chi connectivity index (χ2v) is 5.61. The van der Waals surface area contributed by atoms with Gasteiger partial charge in [0.15, 0.2) is 0 Å². The van der Waals surface area contributed by atoms with E-state index in [1.165, 1.54) is 24.9 Å². The van der Waals surface area contributed by atoms with E-state index >= 15 is 0 Å². The van der Waals surface area contributed by atoms with Crippen molar-refractivity contribution in [3.8, 4) is 0 Å². The van der Waals surface area contributed by atoms with Crippen LogP contribution in [0.5, 0.6) is 0 Å². The molecular weight excluding hydrogens is 236 g/mol. The fraction of sp³-hybridized carbons (Fsp3) is 0.625. The van der Waals surface area contributed by atoms with Gasteiger partial charge in [0.2, 0.25) is 0 Å². The van der Waals surface area contributed by atoms with Gasteiger partial charge in [0.1, 0.15) is 0 Å². The molecule has 1 atom stereocenters. The molecule has 0 radical (unpaired) electrons. The molecule has 0 aromatic heterocycles. The molecular formula is C16H24N2O. The van der Waals surface area contributed by atoms with Crippen molar-refractivity contribution in [1.29, 1.82) is 0 Å². The Balaban J connectivity index is 1.55. The van der Waals surface area contributed by atoms with Gasteiger partial charge in [-0.25, -0.2) is 0 Å². The molecule has 1 unspecified atom stereocenters. The van der Waals surface area contributed by atoms with Gasteiger partial charge in [0, 0.05) is 38.3 Å². The van der Waals surface area contributed by atoms with Crippen molar-refractivity contribution in [2.45, 2.75) is 38.0 Å². The Bertz CT molecular complexity index is 389. The first kappa shape index (κ1) is 13.1. The monoisotopic (exact) mass is 260 g/mol. The molecule has 19 heavy (non-hydrogen) atoms. The third-order valence-electron chi connectivity index (χ3n) is 4.40. The highest BCUT2D eigenvalue weighted by Crippen LogP contribution is 2.30. The maximum atomic E-state index is 5.67. The van der Waals surface area contributed by atoms with Crippen LogP contribution < -0.4 is 5.32 Å². The zero-order valence-electron chi connectivity index (χ0n) is 11.7. The van der Waals surface area contributed by atoms with Crippen molar-refractivity contribution in [3.63, 3.8) is 0 Å². The lowest BCUT2D eigenvalue weighted by Gasteiger charge is -2.46. The first-order chi connectivity index (χ1) is 9.36. The van der Waals surface area contributed by atoms with Crippen LogP contribution in [0, 0.1) is 0 Å². The van der Waals surface area contributed by atoms with Crippen LogP contribution in [0.15, 0.2) is 30.3 Å². The number of ether oxygens (including phenoxy) is 1. The maximum Gasteiger partial charge on any atom is 0.0604 e. The van der Waals surface area contributed by atoms with E-state index in [1.54, 1.807) is 0 Å². The lowest BCUT2D eigenvalue weighted by atomic mass is 9.86. The average Bonchev–Trinajstić information content (AvgIpc) is 2.43. The van der Waals surface area contributed by atoms with Crippen LogP contribution in [0.2, 0.25) is 0 Å². The highest BCUT2D eigenvalue weighted by Gasteiger charge is 2.36. The van der Waals surface area contributed by atoms with Crippen LogP contribution >= 0.6 is 0 Å². The first-order valence-electron chi connectivity index (χ1n) is 7.50. The summed E-state index contributed by atoms with van der Waals surface area (Å²) in [6.07, 6.45) is 2.95. The molecule has 0 amide bonds. The summed E-state index contributed by atoms with van der Waals surface area (Å²) in [5, 5.41) is 3.63. The molecule has 1 heterocycles. The molecule has 1 aliphatic heterocycles. The number of benzene rings is 1. The predicted molar refractivity (Wildman–Crippen MR) is 77.2 cm³/mol. The van der Waals surface area contributed by atoms with Gasteiger partial charge < -0.3 is 10.1 Å². The van der Waals surface area contributed by atoms with E-state index < -0.39 is 0 Å². The highest BCUT2D eigenvalue weighted by molar-refractivity contribution is 5.20. The van der Waals surface area contributed by atoms with E-state index in [9.17, 15) is 0 Å². The van der Waals surface area contributed by atoms with Crippen molar-refractivity contribution in [2.75, 3.05) is 26.2 Å². The SMILES string of the molecule is CCOC1CC(N2CCNC(c3ccccc3)C2)C1. The van der Waals surface area contributed by atoms with Gasteiger partial charge in [-0.1, -0.05) is 30.3 Å². The molecule has 1 saturated heterocycles. The summed E-state index contributed by atoms with van der Waals surface area (Å²) in [7, 11) is 0. The van der Waals surface area contributed by atoms with Crippen molar-refractivity contribution in [1.82, 2.24) is 10.2 Å². The van der Waals surface area contributed by atoms with Gasteiger partial charge in [-0.15, -0.1) is 0 Å². The Morgan fingerprint density at radius 1 is 1.26 bits per heavy atom. The molecule has 3 nitrogen and oxygen atoms in total. The number of hydrogen-bond donors (Lipinski definition) is 1. The molecule has 1 aromatic rings. The number of rotatable bonds is 4. The molecule has 1 N–H and O–H groups in total. The van der Waals surface area contributed by atoms with Crippen LogP contribution in [0.1, 0.15) is 31.4 Å². The molecule has 104 valence electrons. The van der Waals surface area contributed by atoms with Crippen LogP contribution in [-0.4, -0.2) is 43.3 Å². The second-order valence-electron chi connectivity index (χ2n) is 5.61. The van der Waals surface area contributed by atoms with Crippen molar-refractivity contribution < 1.29 is 4.74 Å². The van der Waals surface area contributed by atoms with Gasteiger partial charge in [0.25, 0.3) is 0 Å². The minimum absolute atomic E-state index is 0.487. The lowest BCUT2D eigenvalue weighted by molar-refractivity contribution is -0.0523. The van der Waals surface area contributed by atoms with Crippen LogP contribution in [0.4, 0.5) is 0 Å². The van der Waals surface area contributed by atoms with E-state index in [1.807, 2.05) is 0 Å². The molecule has 0 spiro atoms. The van der Waals surface area contributed by atoms with Crippen LogP contribution in [0.25, 0.3) is 0 Å². The Hall–Kier alpha value is -0.900. The number of nitrogens with one attached hydrogen (secondary N) is 1. The minimum atomic E-state index is 0.487. The lowest BCUT2D eigenvalue weighted by Crippen LogP contribution is -2.55. The number of piperazine rings is 1. The summed E-state index contributed by atoms with van der Waals surface area (Å²) in [6, 6.07) is 12.0. The van der Waals surface area contributed by atoms with Crippen molar-refractivity contribution >= 4 is 0 Å². The maximum absolute atomic E-state index is 5.67. The Kier molecular flexibility index (Phi) is 4.16. The third kappa shape index (κ3) is 2.99. The molecule has 2 aliphatic rings. The molecule has 1 aliphatic carbocycles. The average molecular weight is 260 g/mol. The quantitative estimate of drug-likeness (QED) is 0.898. The van der Waals surface area contributed by atoms with Crippen LogP contribution in [-0.2, 0) is 4.74 Å². The van der Waals surface area contributed by atoms with Crippen LogP contribution in [0.3, 0.4) is 0 Å². The Morgan fingerprint density at radius 2 is 2.05 bits per heavy atom. The fourth-order valence-electron chi connectivity index (χ4n) is 3.22. The third-order valence-corrected chi connectivity index (χ3v) is 4.40. The predicted octanol–water partition coefficient (Wildman–Crippen LogP) is 2.20. The number of nitrogens with zero attached hydrogens (tertiary/aromatic N) is 1. The Labute approximate surface area is 115 Å². The summed E-state index contributed by atoms with van der Waals surface area (Å²) in [5.41, 5.74) is 1.41. The molecule has 0 bridgehead atoms. The zero-order valence-corrected chi connectivity index (χ0v) is 11.7. The smallest absolute Gasteiger partial charge is 0.0604 e. The summed E-state index contributed by atoms with van der Waals surface area (Å²) in [4.78, 5) is 2.64. The molecule has 2 fully saturated rings. The van der Waals surface area contributed by atoms with Gasteiger partial charge in [-0.3, -0.25) is 4.90 Å². The molecule has 3 rings (SSSR count). The van der Waals surface area contributed by atoms with Gasteiger partial charge in [0.05, 0.1) is 6.10 Å². The molecule has 1 aromatic carbocycles. The summed E-state index contributed by atoms with van der Waals surface area (Å²) >= 11 is 0. The molecule has 1 saturated carbocycles. The minimum Gasteiger partial charge on any atom is -0.378 e. The zero-order chi connectivity index (χ0) is 13.1. The summed E-state index contributed by atoms with van der Waals surface area (Å²) < 4.78 is 5.67. The standard InChI is InChI=1S/C16H24N2O/c1-2-19-15-10-14(11-15)18-9-8-17-16(12-18)13-6-4-3-5-7-13/h3-7,14-17H,2,8-12H2,1H3. The normalized spacial score (nSPS) is 31.9. The highest BCUT2D eigenvalue weighted by atomic mass is 16.5. The Morgan fingerprint density at radius 3 is 2.79 bits per heavy atom. The molecule has 3 heteroatoms. The van der Waals surface area contributed by atoms with E-state index in [4.69, 9.17) is 4.74 Å². The van der Waals surface area contributed by atoms with Gasteiger partial charge >= 0.3 is 0 Å². The van der Waals surface area contributed by atoms with Gasteiger partial charge in [-0.2, -0.15) is 0 Å². The van der Waals surface area contributed by atoms with Gasteiger partial charge in [-0.05, 0) is 25.3 Å². The summed E-state index contributed by atoms with van der Waals surface area (Å²) in [6.45, 7) is 6.34. The van der Waals surface area contributed by atoms with E-state index in [0.717, 1.165) is 25.7 Å². The van der Waals surface area contributed by atoms with Crippen molar-refractivity contribution in [2.24, 2.45) is 0 Å². The second kappa shape index (κ2) is 6.04. The van der Waals surface area contributed by atoms with E-state index in [2.05, 4.69) is 47.5 Å². The topological polar surface area (TPSA) is 24.5 Å². The van der Waals surface area contributed by atoms with Crippen molar-refractivity contribution in [3.05, 3.63) is 35.9 Å². The summed E-state index contributed by atoms with van der Waals surface area (Å²) in [5.74, 6) is 0. The van der Waals surface area contributed by atoms with E-state index in [0.29, 0.717) is 12.1 Å². The first-order valence-corrected chi connectivity index (χ1v) is 7.50. The number of hydrogen-bond acceptors (Lipinski definition) is 3. The van der Waals surface area contributed by atoms with E-state index in [-0.39, 0.29) is 0 Å².